The zero-order valence-electron chi connectivity index (χ0n) is 18.7. The molecular weight excluding hydrogens is 364 g/mol. The Bertz CT molecular complexity index is 765. The maximum absolute atomic E-state index is 12.1. The molecule has 0 aromatic carbocycles. The van der Waals surface area contributed by atoms with Crippen LogP contribution in [-0.4, -0.2) is 24.1 Å². The smallest absolute Gasteiger partial charge is 0.303 e. The minimum atomic E-state index is -0.310. The van der Waals surface area contributed by atoms with E-state index in [9.17, 15) is 9.59 Å². The zero-order valence-corrected chi connectivity index (χ0v) is 18.7. The Morgan fingerprint density at radius 1 is 1.17 bits per heavy atom. The van der Waals surface area contributed by atoms with Crippen LogP contribution in [0.5, 0.6) is 0 Å². The molecule has 0 aromatic rings. The monoisotopic (exact) mass is 400 g/mol. The fourth-order valence-electron chi connectivity index (χ4n) is 7.60. The van der Waals surface area contributed by atoms with E-state index in [2.05, 4.69) is 33.8 Å². The summed E-state index contributed by atoms with van der Waals surface area (Å²) < 4.78 is 6.06. The Balaban J connectivity index is 0.00000117. The average Bonchev–Trinajstić information content (AvgIpc) is 2.97. The van der Waals surface area contributed by atoms with Crippen molar-refractivity contribution in [1.29, 1.82) is 0 Å². The lowest BCUT2D eigenvalue weighted by atomic mass is 9.47. The Kier molecular flexibility index (Phi) is 5.70. The molecule has 3 unspecified atom stereocenters. The molecule has 2 saturated carbocycles. The van der Waals surface area contributed by atoms with Crippen molar-refractivity contribution in [3.05, 3.63) is 23.3 Å². The van der Waals surface area contributed by atoms with Crippen LogP contribution in [0.1, 0.15) is 79.6 Å². The fourth-order valence-corrected chi connectivity index (χ4v) is 7.60. The van der Waals surface area contributed by atoms with E-state index in [0.717, 1.165) is 38.5 Å². The van der Waals surface area contributed by atoms with Crippen LogP contribution in [0.25, 0.3) is 0 Å². The van der Waals surface area contributed by atoms with Crippen LogP contribution < -0.4 is 0 Å². The van der Waals surface area contributed by atoms with Crippen LogP contribution >= 0.6 is 0 Å². The van der Waals surface area contributed by atoms with Crippen LogP contribution in [0, 0.1) is 28.6 Å². The number of carbonyl (C=O) groups excluding carboxylic acids is 3. The second-order valence-corrected chi connectivity index (χ2v) is 10.0. The molecule has 29 heavy (non-hydrogen) atoms. The van der Waals surface area contributed by atoms with Gasteiger partial charge in [0.05, 0.1) is 0 Å². The quantitative estimate of drug-likeness (QED) is 0.597. The summed E-state index contributed by atoms with van der Waals surface area (Å²) in [5, 5.41) is 0. The van der Waals surface area contributed by atoms with Gasteiger partial charge in [0.15, 0.2) is 5.78 Å². The number of rotatable bonds is 2. The summed E-state index contributed by atoms with van der Waals surface area (Å²) in [5.74, 6) is 1.84. The Labute approximate surface area is 175 Å². The SMILES string of the molecule is C=O.CC[C@@]1(OC(C)=O)CCC2C3C=C(C)C4=CC(=O)CC[C@]4(C)C3CC[C@@]21C. The molecule has 4 aliphatic rings. The average molecular weight is 401 g/mol. The van der Waals surface area contributed by atoms with E-state index in [1.165, 1.54) is 11.1 Å². The first-order chi connectivity index (χ1) is 13.7. The van der Waals surface area contributed by atoms with Crippen molar-refractivity contribution in [2.75, 3.05) is 0 Å². The molecule has 0 amide bonds. The zero-order chi connectivity index (χ0) is 21.6. The minimum Gasteiger partial charge on any atom is -0.459 e. The van der Waals surface area contributed by atoms with Crippen LogP contribution in [-0.2, 0) is 19.1 Å². The lowest BCUT2D eigenvalue weighted by Gasteiger charge is -2.58. The molecule has 0 spiro atoms. The summed E-state index contributed by atoms with van der Waals surface area (Å²) in [5.41, 5.74) is 2.46. The molecule has 0 bridgehead atoms. The molecular formula is C25H36O4. The van der Waals surface area contributed by atoms with Gasteiger partial charge in [-0.25, -0.2) is 0 Å². The number of ether oxygens (including phenoxy) is 1. The highest BCUT2D eigenvalue weighted by atomic mass is 16.6. The summed E-state index contributed by atoms with van der Waals surface area (Å²) in [7, 11) is 0. The lowest BCUT2D eigenvalue weighted by Crippen LogP contribution is -2.55. The topological polar surface area (TPSA) is 60.4 Å². The van der Waals surface area contributed by atoms with Crippen LogP contribution in [0.3, 0.4) is 0 Å². The first-order valence-corrected chi connectivity index (χ1v) is 11.1. The van der Waals surface area contributed by atoms with Gasteiger partial charge in [-0.1, -0.05) is 32.4 Å². The van der Waals surface area contributed by atoms with Crippen molar-refractivity contribution in [3.63, 3.8) is 0 Å². The number of fused-ring (bicyclic) bond motifs is 5. The molecule has 4 nitrogen and oxygen atoms in total. The molecule has 160 valence electrons. The summed E-state index contributed by atoms with van der Waals surface area (Å²) in [6.45, 7) is 12.7. The van der Waals surface area contributed by atoms with Crippen molar-refractivity contribution in [2.45, 2.75) is 85.2 Å². The highest BCUT2D eigenvalue weighted by Crippen LogP contribution is 2.68. The summed E-state index contributed by atoms with van der Waals surface area (Å²) in [6, 6.07) is 0. The normalized spacial score (nSPS) is 42.9. The van der Waals surface area contributed by atoms with Crippen molar-refractivity contribution < 1.29 is 19.1 Å². The van der Waals surface area contributed by atoms with Gasteiger partial charge in [0, 0.05) is 18.8 Å². The van der Waals surface area contributed by atoms with E-state index >= 15 is 0 Å². The Morgan fingerprint density at radius 3 is 2.45 bits per heavy atom. The van der Waals surface area contributed by atoms with Gasteiger partial charge in [0.2, 0.25) is 0 Å². The van der Waals surface area contributed by atoms with Gasteiger partial charge in [-0.15, -0.1) is 0 Å². The van der Waals surface area contributed by atoms with Gasteiger partial charge in [-0.05, 0) is 80.3 Å². The number of ketones is 1. The molecule has 6 atom stereocenters. The third-order valence-electron chi connectivity index (χ3n) is 9.03. The minimum absolute atomic E-state index is 0.0490. The Morgan fingerprint density at radius 2 is 1.83 bits per heavy atom. The van der Waals surface area contributed by atoms with Gasteiger partial charge in [0.1, 0.15) is 12.4 Å². The third kappa shape index (κ3) is 3.05. The van der Waals surface area contributed by atoms with E-state index in [1.807, 2.05) is 12.9 Å². The number of carbonyl (C=O) groups is 3. The molecule has 0 N–H and O–H groups in total. The van der Waals surface area contributed by atoms with E-state index in [0.29, 0.717) is 24.2 Å². The predicted octanol–water partition coefficient (Wildman–Crippen LogP) is 5.21. The van der Waals surface area contributed by atoms with Crippen molar-refractivity contribution >= 4 is 18.5 Å². The Hall–Kier alpha value is -1.71. The molecule has 0 radical (unpaired) electrons. The van der Waals surface area contributed by atoms with Gasteiger partial charge >= 0.3 is 5.97 Å². The standard InChI is InChI=1S/C24H34O3.CH2O/c1-6-24(27-16(3)25)12-9-20-18-13-15(2)21-14-17(26)7-10-22(21,4)19(18)8-11-23(20,24)5;1-2/h13-14,18-20H,6-12H2,1-5H3;1H2/t18?,19?,20?,22-,23+,24-;/m1./s1. The molecule has 0 aromatic heterocycles. The molecule has 4 aliphatic carbocycles. The number of esters is 1. The second kappa shape index (κ2) is 7.52. The number of hydrogen-bond acceptors (Lipinski definition) is 4. The van der Waals surface area contributed by atoms with Crippen molar-refractivity contribution in [2.24, 2.45) is 28.6 Å². The molecule has 2 fully saturated rings. The van der Waals surface area contributed by atoms with E-state index in [1.54, 1.807) is 6.92 Å². The van der Waals surface area contributed by atoms with Gasteiger partial charge in [-0.2, -0.15) is 0 Å². The maximum atomic E-state index is 12.1. The molecule has 4 heteroatoms. The lowest BCUT2D eigenvalue weighted by molar-refractivity contribution is -0.180. The fraction of sp³-hybridized carbons (Fsp3) is 0.720. The first-order valence-electron chi connectivity index (χ1n) is 11.1. The van der Waals surface area contributed by atoms with Crippen molar-refractivity contribution in [3.8, 4) is 0 Å². The van der Waals surface area contributed by atoms with E-state index < -0.39 is 0 Å². The van der Waals surface area contributed by atoms with Gasteiger partial charge < -0.3 is 9.53 Å². The summed E-state index contributed by atoms with van der Waals surface area (Å²) in [6.07, 6.45) is 11.4. The molecule has 0 aliphatic heterocycles. The molecule has 0 heterocycles. The highest BCUT2D eigenvalue weighted by molar-refractivity contribution is 5.92. The second-order valence-electron chi connectivity index (χ2n) is 10.0. The molecule has 4 rings (SSSR count). The van der Waals surface area contributed by atoms with Gasteiger partial charge in [-0.3, -0.25) is 9.59 Å². The third-order valence-corrected chi connectivity index (χ3v) is 9.03. The van der Waals surface area contributed by atoms with E-state index in [4.69, 9.17) is 9.53 Å². The van der Waals surface area contributed by atoms with Crippen LogP contribution in [0.2, 0.25) is 0 Å². The first kappa shape index (κ1) is 22.0. The maximum Gasteiger partial charge on any atom is 0.303 e. The van der Waals surface area contributed by atoms with E-state index in [-0.39, 0.29) is 28.2 Å². The van der Waals surface area contributed by atoms with Crippen molar-refractivity contribution in [1.82, 2.24) is 0 Å². The number of allylic oxidation sites excluding steroid dienone is 4. The number of hydrogen-bond donors (Lipinski definition) is 0. The van der Waals surface area contributed by atoms with Gasteiger partial charge in [0.25, 0.3) is 0 Å². The van der Waals surface area contributed by atoms with Crippen LogP contribution in [0.15, 0.2) is 23.3 Å². The predicted molar refractivity (Wildman–Crippen MR) is 113 cm³/mol. The summed E-state index contributed by atoms with van der Waals surface area (Å²) >= 11 is 0. The van der Waals surface area contributed by atoms with Crippen LogP contribution in [0.4, 0.5) is 0 Å². The largest absolute Gasteiger partial charge is 0.459 e. The highest BCUT2D eigenvalue weighted by Gasteiger charge is 2.64. The summed E-state index contributed by atoms with van der Waals surface area (Å²) in [4.78, 5) is 32.0. The molecule has 0 saturated heterocycles.